The lowest BCUT2D eigenvalue weighted by atomic mass is 9.83. The minimum Gasteiger partial charge on any atom is -0.312 e. The first-order valence-corrected chi connectivity index (χ1v) is 8.69. The summed E-state index contributed by atoms with van der Waals surface area (Å²) in [5.74, 6) is 1.73. The van der Waals surface area contributed by atoms with Crippen molar-refractivity contribution in [2.75, 3.05) is 19.6 Å². The molecule has 0 radical (unpaired) electrons. The maximum atomic E-state index is 3.86. The number of hydrogen-bond donors (Lipinski definition) is 1. The number of nitrogens with zero attached hydrogens (tertiary/aromatic N) is 1. The Morgan fingerprint density at radius 3 is 2.47 bits per heavy atom. The predicted octanol–water partition coefficient (Wildman–Crippen LogP) is 3.67. The number of hydrogen-bond acceptors (Lipinski definition) is 2. The first kappa shape index (κ1) is 15.3. The molecule has 0 bridgehead atoms. The van der Waals surface area contributed by atoms with Crippen LogP contribution in [0.4, 0.5) is 0 Å². The van der Waals surface area contributed by atoms with E-state index in [1.54, 1.807) is 0 Å². The average molecular weight is 266 g/mol. The third kappa shape index (κ3) is 4.19. The van der Waals surface area contributed by atoms with Crippen LogP contribution in [0.25, 0.3) is 0 Å². The second kappa shape index (κ2) is 7.64. The van der Waals surface area contributed by atoms with Crippen molar-refractivity contribution in [1.29, 1.82) is 0 Å². The SMILES string of the molecule is CCC(C(C)C)N1CCCNC(C2CCCCC2)C1. The molecule has 1 saturated carbocycles. The summed E-state index contributed by atoms with van der Waals surface area (Å²) < 4.78 is 0. The Kier molecular flexibility index (Phi) is 6.15. The molecule has 1 saturated heterocycles. The highest BCUT2D eigenvalue weighted by Crippen LogP contribution is 2.28. The molecule has 2 rings (SSSR count). The van der Waals surface area contributed by atoms with E-state index in [-0.39, 0.29) is 0 Å². The van der Waals surface area contributed by atoms with Crippen LogP contribution in [0.5, 0.6) is 0 Å². The quantitative estimate of drug-likeness (QED) is 0.835. The van der Waals surface area contributed by atoms with Crippen molar-refractivity contribution >= 4 is 0 Å². The first-order valence-electron chi connectivity index (χ1n) is 8.69. The minimum absolute atomic E-state index is 0.760. The van der Waals surface area contributed by atoms with Crippen LogP contribution in [0.3, 0.4) is 0 Å². The molecular formula is C17H34N2. The molecule has 112 valence electrons. The molecule has 0 aromatic rings. The molecule has 0 spiro atoms. The van der Waals surface area contributed by atoms with Gasteiger partial charge >= 0.3 is 0 Å². The molecule has 19 heavy (non-hydrogen) atoms. The summed E-state index contributed by atoms with van der Waals surface area (Å²) in [5.41, 5.74) is 0. The third-order valence-electron chi connectivity index (χ3n) is 5.34. The van der Waals surface area contributed by atoms with E-state index in [1.165, 1.54) is 64.6 Å². The molecule has 0 aromatic carbocycles. The summed E-state index contributed by atoms with van der Waals surface area (Å²) in [5, 5.41) is 3.86. The Bertz CT molecular complexity index is 246. The van der Waals surface area contributed by atoms with Crippen molar-refractivity contribution in [1.82, 2.24) is 10.2 Å². The highest BCUT2D eigenvalue weighted by atomic mass is 15.2. The molecule has 2 aliphatic rings. The van der Waals surface area contributed by atoms with Gasteiger partial charge in [0.05, 0.1) is 0 Å². The lowest BCUT2D eigenvalue weighted by Gasteiger charge is -2.37. The molecule has 1 N–H and O–H groups in total. The zero-order valence-electron chi connectivity index (χ0n) is 13.3. The van der Waals surface area contributed by atoms with Crippen LogP contribution in [-0.4, -0.2) is 36.6 Å². The molecule has 2 heteroatoms. The maximum Gasteiger partial charge on any atom is 0.0223 e. The predicted molar refractivity (Wildman–Crippen MR) is 83.5 cm³/mol. The van der Waals surface area contributed by atoms with Crippen LogP contribution < -0.4 is 5.32 Å². The van der Waals surface area contributed by atoms with Crippen molar-refractivity contribution in [3.63, 3.8) is 0 Å². The number of nitrogens with one attached hydrogen (secondary N) is 1. The van der Waals surface area contributed by atoms with Crippen LogP contribution in [-0.2, 0) is 0 Å². The van der Waals surface area contributed by atoms with Crippen LogP contribution in [0.15, 0.2) is 0 Å². The smallest absolute Gasteiger partial charge is 0.0223 e. The van der Waals surface area contributed by atoms with Crippen molar-refractivity contribution in [3.05, 3.63) is 0 Å². The van der Waals surface area contributed by atoms with Gasteiger partial charge in [0, 0.05) is 18.6 Å². The fourth-order valence-electron chi connectivity index (χ4n) is 4.28. The molecule has 0 amide bonds. The van der Waals surface area contributed by atoms with Crippen LogP contribution in [0.1, 0.15) is 65.7 Å². The van der Waals surface area contributed by atoms with Crippen molar-refractivity contribution in [3.8, 4) is 0 Å². The van der Waals surface area contributed by atoms with Gasteiger partial charge in [-0.3, -0.25) is 4.90 Å². The Labute approximate surface area is 120 Å². The highest BCUT2D eigenvalue weighted by Gasteiger charge is 2.30. The normalized spacial score (nSPS) is 29.4. The summed E-state index contributed by atoms with van der Waals surface area (Å²) >= 11 is 0. The van der Waals surface area contributed by atoms with Gasteiger partial charge in [0.15, 0.2) is 0 Å². The fourth-order valence-corrected chi connectivity index (χ4v) is 4.28. The molecule has 2 nitrogen and oxygen atoms in total. The summed E-state index contributed by atoms with van der Waals surface area (Å²) in [4.78, 5) is 2.80. The Hall–Kier alpha value is -0.0800. The molecular weight excluding hydrogens is 232 g/mol. The van der Waals surface area contributed by atoms with Crippen LogP contribution in [0, 0.1) is 11.8 Å². The Morgan fingerprint density at radius 2 is 1.84 bits per heavy atom. The van der Waals surface area contributed by atoms with E-state index in [1.807, 2.05) is 0 Å². The van der Waals surface area contributed by atoms with Crippen molar-refractivity contribution < 1.29 is 0 Å². The van der Waals surface area contributed by atoms with Crippen LogP contribution >= 0.6 is 0 Å². The summed E-state index contributed by atoms with van der Waals surface area (Å²) in [7, 11) is 0. The molecule has 1 heterocycles. The van der Waals surface area contributed by atoms with Gasteiger partial charge in [-0.25, -0.2) is 0 Å². The zero-order chi connectivity index (χ0) is 13.7. The van der Waals surface area contributed by atoms with E-state index in [9.17, 15) is 0 Å². The zero-order valence-corrected chi connectivity index (χ0v) is 13.3. The van der Waals surface area contributed by atoms with E-state index >= 15 is 0 Å². The summed E-state index contributed by atoms with van der Waals surface area (Å²) in [6, 6.07) is 1.54. The van der Waals surface area contributed by atoms with E-state index in [0.717, 1.165) is 23.9 Å². The topological polar surface area (TPSA) is 15.3 Å². The Balaban J connectivity index is 1.96. The second-order valence-electron chi connectivity index (χ2n) is 7.03. The minimum atomic E-state index is 0.760. The summed E-state index contributed by atoms with van der Waals surface area (Å²) in [6.45, 7) is 11.0. The largest absolute Gasteiger partial charge is 0.312 e. The van der Waals surface area contributed by atoms with Gasteiger partial charge in [-0.15, -0.1) is 0 Å². The summed E-state index contributed by atoms with van der Waals surface area (Å²) in [6.07, 6.45) is 9.94. The van der Waals surface area contributed by atoms with Gasteiger partial charge in [-0.1, -0.05) is 40.0 Å². The number of rotatable bonds is 4. The highest BCUT2D eigenvalue weighted by molar-refractivity contribution is 4.87. The Morgan fingerprint density at radius 1 is 1.11 bits per heavy atom. The van der Waals surface area contributed by atoms with Gasteiger partial charge in [0.2, 0.25) is 0 Å². The molecule has 2 fully saturated rings. The lowest BCUT2D eigenvalue weighted by molar-refractivity contribution is 0.128. The van der Waals surface area contributed by atoms with Crippen LogP contribution in [0.2, 0.25) is 0 Å². The van der Waals surface area contributed by atoms with Crippen molar-refractivity contribution in [2.24, 2.45) is 11.8 Å². The van der Waals surface area contributed by atoms with Gasteiger partial charge < -0.3 is 5.32 Å². The maximum absolute atomic E-state index is 3.86. The van der Waals surface area contributed by atoms with Gasteiger partial charge in [0.1, 0.15) is 0 Å². The standard InChI is InChI=1S/C17H34N2/c1-4-17(14(2)3)19-12-8-11-18-16(13-19)15-9-6-5-7-10-15/h14-18H,4-13H2,1-3H3. The molecule has 1 aliphatic carbocycles. The molecule has 1 aliphatic heterocycles. The van der Waals surface area contributed by atoms with Gasteiger partial charge in [0.25, 0.3) is 0 Å². The monoisotopic (exact) mass is 266 g/mol. The van der Waals surface area contributed by atoms with E-state index in [2.05, 4.69) is 31.0 Å². The van der Waals surface area contributed by atoms with E-state index in [4.69, 9.17) is 0 Å². The van der Waals surface area contributed by atoms with Gasteiger partial charge in [-0.05, 0) is 50.6 Å². The fraction of sp³-hybridized carbons (Fsp3) is 1.00. The van der Waals surface area contributed by atoms with E-state index < -0.39 is 0 Å². The van der Waals surface area contributed by atoms with Crippen molar-refractivity contribution in [2.45, 2.75) is 77.8 Å². The van der Waals surface area contributed by atoms with E-state index in [0.29, 0.717) is 0 Å². The average Bonchev–Trinajstić information content (AvgIpc) is 2.66. The third-order valence-corrected chi connectivity index (χ3v) is 5.34. The van der Waals surface area contributed by atoms with Gasteiger partial charge in [-0.2, -0.15) is 0 Å². The second-order valence-corrected chi connectivity index (χ2v) is 7.03. The lowest BCUT2D eigenvalue weighted by Crippen LogP contribution is -2.47. The molecule has 0 aromatic heterocycles. The molecule has 2 atom stereocenters. The first-order chi connectivity index (χ1) is 9.22. The molecule has 2 unspecified atom stereocenters.